The maximum absolute atomic E-state index is 13.3. The Morgan fingerprint density at radius 3 is 1.40 bits per heavy atom. The van der Waals surface area contributed by atoms with Crippen LogP contribution < -0.4 is 36.9 Å². The van der Waals surface area contributed by atoms with E-state index < -0.39 is 54.6 Å². The largest absolute Gasteiger partial charge is 0.454 e. The van der Waals surface area contributed by atoms with Crippen LogP contribution in [0.25, 0.3) is 21.9 Å². The van der Waals surface area contributed by atoms with E-state index in [1.807, 2.05) is 0 Å². The normalized spacial score (nSPS) is 11.8. The van der Waals surface area contributed by atoms with Crippen molar-refractivity contribution in [1.29, 1.82) is 0 Å². The second-order valence-corrected chi connectivity index (χ2v) is 17.3. The Bertz CT molecular complexity index is 2780. The molecule has 19 heteroatoms. The molecule has 2 amide bonds. The number of nitrogens with one attached hydrogen (secondary N) is 2. The molecule has 2 aromatic heterocycles. The number of carbonyl (C=O) groups excluding carboxylic acids is 2. The van der Waals surface area contributed by atoms with Crippen molar-refractivity contribution >= 4 is 88.4 Å². The van der Waals surface area contributed by atoms with Crippen molar-refractivity contribution in [3.63, 3.8) is 0 Å². The number of rotatable bonds is 14. The van der Waals surface area contributed by atoms with Gasteiger partial charge in [-0.3, -0.25) is 19.0 Å². The number of hydrogen-bond acceptors (Lipinski definition) is 11. The third-order valence-electron chi connectivity index (χ3n) is 8.73. The Balaban J connectivity index is 1.25. The first-order valence-electron chi connectivity index (χ1n) is 16.7. The molecule has 0 unspecified atom stereocenters. The highest BCUT2D eigenvalue weighted by Gasteiger charge is 2.20. The van der Waals surface area contributed by atoms with E-state index in [4.69, 9.17) is 48.2 Å². The topological polar surface area (TPSA) is 248 Å². The van der Waals surface area contributed by atoms with Gasteiger partial charge in [-0.1, -0.05) is 47.5 Å². The highest BCUT2D eigenvalue weighted by molar-refractivity contribution is 7.93. The van der Waals surface area contributed by atoms with Gasteiger partial charge >= 0.3 is 11.3 Å². The van der Waals surface area contributed by atoms with E-state index in [0.717, 1.165) is 0 Å². The summed E-state index contributed by atoms with van der Waals surface area (Å²) in [5.74, 6) is -3.64. The van der Waals surface area contributed by atoms with E-state index in [-0.39, 0.29) is 56.9 Å². The van der Waals surface area contributed by atoms with Gasteiger partial charge in [-0.2, -0.15) is 0 Å². The molecule has 4 aromatic carbocycles. The standard InChI is InChI=1S/C38H32Cl2N4O11S2/c1-19-25-13-29(39)33(15-31(25)54-37(47)27(19)11-21-5-3-7-23(9-21)43-56(49,50)17-35(41)45)53-34-16-32-26(14-30(34)40)20(2)28(38(48)55-32)12-22-6-4-8-24(10-22)44-57(51,52)18-36(42)46/h3-10,13-16,43-44H,11-12,17-18H2,1-2H3,(H2,41,45)(H2,42,46). The molecule has 0 spiro atoms. The number of carbonyl (C=O) groups is 2. The molecule has 0 atom stereocenters. The smallest absolute Gasteiger partial charge is 0.340 e. The van der Waals surface area contributed by atoms with Gasteiger partial charge in [-0.15, -0.1) is 0 Å². The predicted octanol–water partition coefficient (Wildman–Crippen LogP) is 5.25. The van der Waals surface area contributed by atoms with Gasteiger partial charge in [0.2, 0.25) is 31.9 Å². The molecule has 6 aromatic rings. The molecule has 0 saturated carbocycles. The zero-order valence-corrected chi connectivity index (χ0v) is 33.1. The molecule has 15 nitrogen and oxygen atoms in total. The third kappa shape index (κ3) is 9.57. The number of primary amides is 2. The minimum atomic E-state index is -4.02. The van der Waals surface area contributed by atoms with Crippen molar-refractivity contribution in [2.45, 2.75) is 26.7 Å². The summed E-state index contributed by atoms with van der Waals surface area (Å²) in [5.41, 5.74) is 12.3. The average molecular weight is 856 g/mol. The second kappa shape index (κ2) is 15.9. The number of ether oxygens (including phenoxy) is 1. The first-order chi connectivity index (χ1) is 26.8. The molecular weight excluding hydrogens is 823 g/mol. The highest BCUT2D eigenvalue weighted by Crippen LogP contribution is 2.39. The second-order valence-electron chi connectivity index (χ2n) is 13.1. The van der Waals surface area contributed by atoms with E-state index in [1.165, 1.54) is 36.4 Å². The van der Waals surface area contributed by atoms with Crippen molar-refractivity contribution in [3.05, 3.63) is 137 Å². The number of benzene rings is 4. The molecular formula is C38H32Cl2N4O11S2. The van der Waals surface area contributed by atoms with E-state index in [9.17, 15) is 36.0 Å². The van der Waals surface area contributed by atoms with Gasteiger partial charge < -0.3 is 25.0 Å². The Labute approximate surface area is 334 Å². The predicted molar refractivity (Wildman–Crippen MR) is 216 cm³/mol. The zero-order chi connectivity index (χ0) is 41.4. The van der Waals surface area contributed by atoms with Gasteiger partial charge in [-0.25, -0.2) is 26.4 Å². The number of nitrogens with two attached hydrogens (primary N) is 2. The Morgan fingerprint density at radius 1 is 0.649 bits per heavy atom. The van der Waals surface area contributed by atoms with E-state index in [2.05, 4.69) is 9.44 Å². The lowest BCUT2D eigenvalue weighted by atomic mass is 9.99. The average Bonchev–Trinajstić information content (AvgIpc) is 3.09. The fourth-order valence-corrected chi connectivity index (χ4v) is 8.44. The van der Waals surface area contributed by atoms with Gasteiger partial charge in [-0.05, 0) is 72.5 Å². The summed E-state index contributed by atoms with van der Waals surface area (Å²) in [7, 11) is -8.05. The van der Waals surface area contributed by atoms with Crippen LogP contribution in [0.3, 0.4) is 0 Å². The fraction of sp³-hybridized carbons (Fsp3) is 0.158. The summed E-state index contributed by atoms with van der Waals surface area (Å²) in [6.45, 7) is 3.43. The van der Waals surface area contributed by atoms with Crippen LogP contribution in [0.2, 0.25) is 10.0 Å². The molecule has 6 N–H and O–H groups in total. The lowest BCUT2D eigenvalue weighted by Gasteiger charge is -2.14. The lowest BCUT2D eigenvalue weighted by molar-refractivity contribution is -0.116. The lowest BCUT2D eigenvalue weighted by Crippen LogP contribution is -2.27. The number of sulfonamides is 2. The van der Waals surface area contributed by atoms with Crippen LogP contribution in [-0.4, -0.2) is 40.2 Å². The third-order valence-corrected chi connectivity index (χ3v) is 11.7. The van der Waals surface area contributed by atoms with Crippen molar-refractivity contribution < 1.29 is 40.0 Å². The Morgan fingerprint density at radius 2 is 1.04 bits per heavy atom. The SMILES string of the molecule is Cc1c(Cc2cccc(NS(=O)(=O)CC(N)=O)c2)c(=O)oc2cc(Oc3cc4oc(=O)c(Cc5cccc(NS(=O)(=O)CC(N)=O)c5)c(C)c4cc3Cl)c(Cl)cc12. The molecule has 2 heterocycles. The summed E-state index contributed by atoms with van der Waals surface area (Å²) >= 11 is 13.3. The molecule has 57 heavy (non-hydrogen) atoms. The van der Waals surface area contributed by atoms with Crippen molar-refractivity contribution in [3.8, 4) is 11.5 Å². The van der Waals surface area contributed by atoms with Crippen LogP contribution >= 0.6 is 23.2 Å². The number of amides is 2. The van der Waals surface area contributed by atoms with Crippen molar-refractivity contribution in [1.82, 2.24) is 0 Å². The van der Waals surface area contributed by atoms with Crippen LogP contribution in [0.15, 0.2) is 91.2 Å². The number of hydrogen-bond donors (Lipinski definition) is 4. The quantitative estimate of drug-likeness (QED) is 0.103. The van der Waals surface area contributed by atoms with E-state index in [1.54, 1.807) is 50.2 Å². The van der Waals surface area contributed by atoms with Gasteiger partial charge in [0, 0.05) is 58.2 Å². The minimum absolute atomic E-state index is 0.0801. The van der Waals surface area contributed by atoms with Crippen LogP contribution in [0.4, 0.5) is 11.4 Å². The van der Waals surface area contributed by atoms with Crippen LogP contribution in [-0.2, 0) is 42.5 Å². The maximum atomic E-state index is 13.3. The first kappa shape index (κ1) is 40.8. The Hall–Kier alpha value is -5.88. The minimum Gasteiger partial charge on any atom is -0.454 e. The molecule has 296 valence electrons. The summed E-state index contributed by atoms with van der Waals surface area (Å²) in [4.78, 5) is 48.8. The fourth-order valence-electron chi connectivity index (χ4n) is 6.17. The van der Waals surface area contributed by atoms with E-state index in [0.29, 0.717) is 44.2 Å². The number of anilines is 2. The molecule has 0 fully saturated rings. The molecule has 0 saturated heterocycles. The van der Waals surface area contributed by atoms with Crippen molar-refractivity contribution in [2.24, 2.45) is 11.5 Å². The van der Waals surface area contributed by atoms with Crippen molar-refractivity contribution in [2.75, 3.05) is 20.9 Å². The number of halogens is 2. The van der Waals surface area contributed by atoms with Gasteiger partial charge in [0.25, 0.3) is 0 Å². The molecule has 0 aliphatic carbocycles. The van der Waals surface area contributed by atoms with E-state index >= 15 is 0 Å². The number of aryl methyl sites for hydroxylation is 2. The summed E-state index contributed by atoms with van der Waals surface area (Å²) in [5, 5.41) is 1.29. The number of fused-ring (bicyclic) bond motifs is 2. The van der Waals surface area contributed by atoms with Crippen LogP contribution in [0, 0.1) is 13.8 Å². The van der Waals surface area contributed by atoms with Crippen LogP contribution in [0.1, 0.15) is 33.4 Å². The van der Waals surface area contributed by atoms with Gasteiger partial charge in [0.05, 0.1) is 10.0 Å². The molecule has 0 aliphatic rings. The maximum Gasteiger partial charge on any atom is 0.340 e. The van der Waals surface area contributed by atoms with Gasteiger partial charge in [0.1, 0.15) is 34.2 Å². The Kier molecular flexibility index (Phi) is 11.4. The molecule has 6 rings (SSSR count). The van der Waals surface area contributed by atoms with Gasteiger partial charge in [0.15, 0.2) is 0 Å². The highest BCUT2D eigenvalue weighted by atomic mass is 35.5. The molecule has 0 aliphatic heterocycles. The molecule has 0 bridgehead atoms. The molecule has 0 radical (unpaired) electrons. The first-order valence-corrected chi connectivity index (χ1v) is 20.8. The monoisotopic (exact) mass is 854 g/mol. The zero-order valence-electron chi connectivity index (χ0n) is 30.0. The van der Waals surface area contributed by atoms with Crippen LogP contribution in [0.5, 0.6) is 11.5 Å². The summed E-state index contributed by atoms with van der Waals surface area (Å²) in [6, 6.07) is 18.6. The summed E-state index contributed by atoms with van der Waals surface area (Å²) in [6.07, 6.45) is 0.160. The summed E-state index contributed by atoms with van der Waals surface area (Å²) < 4.78 is 70.8.